The lowest BCUT2D eigenvalue weighted by Gasteiger charge is -2.15. The van der Waals surface area contributed by atoms with E-state index in [1.54, 1.807) is 0 Å². The minimum Gasteiger partial charge on any atom is -0.481 e. The average molecular weight is 297 g/mol. The molecule has 0 fully saturated rings. The summed E-state index contributed by atoms with van der Waals surface area (Å²) in [5.41, 5.74) is 1.89. The minimum atomic E-state index is -0.898. The van der Waals surface area contributed by atoms with E-state index in [0.29, 0.717) is 6.54 Å². The summed E-state index contributed by atoms with van der Waals surface area (Å²) in [6, 6.07) is 18.9. The highest BCUT2D eigenvalue weighted by Crippen LogP contribution is 2.23. The van der Waals surface area contributed by atoms with Crippen molar-refractivity contribution in [2.24, 2.45) is 0 Å². The van der Waals surface area contributed by atoms with E-state index in [1.807, 2.05) is 60.7 Å². The summed E-state index contributed by atoms with van der Waals surface area (Å²) >= 11 is 0. The molecule has 114 valence electrons. The summed E-state index contributed by atoms with van der Waals surface area (Å²) in [6.07, 6.45) is 0.117. The number of nitrogens with one attached hydrogen (secondary N) is 1. The van der Waals surface area contributed by atoms with Gasteiger partial charge in [-0.3, -0.25) is 9.59 Å². The second-order valence-electron chi connectivity index (χ2n) is 5.17. The van der Waals surface area contributed by atoms with Crippen molar-refractivity contribution in [1.29, 1.82) is 0 Å². The lowest BCUT2D eigenvalue weighted by Crippen LogP contribution is -2.25. The van der Waals surface area contributed by atoms with Gasteiger partial charge in [-0.25, -0.2) is 0 Å². The van der Waals surface area contributed by atoms with Crippen LogP contribution in [-0.4, -0.2) is 17.0 Å². The van der Waals surface area contributed by atoms with Crippen LogP contribution >= 0.6 is 0 Å². The van der Waals surface area contributed by atoms with E-state index in [0.717, 1.165) is 11.1 Å². The Morgan fingerprint density at radius 1 is 0.909 bits per heavy atom. The standard InChI is InChI=1S/C18H19NO3/c20-17(19-13-14-7-3-1-4-8-14)11-16(12-18(21)22)15-9-5-2-6-10-15/h1-10,16H,11-13H2,(H,19,20)(H,21,22)/t16-/m1/s1. The fourth-order valence-electron chi connectivity index (χ4n) is 2.34. The first-order chi connectivity index (χ1) is 10.6. The van der Waals surface area contributed by atoms with Crippen molar-refractivity contribution in [2.45, 2.75) is 25.3 Å². The summed E-state index contributed by atoms with van der Waals surface area (Å²) < 4.78 is 0. The van der Waals surface area contributed by atoms with E-state index in [9.17, 15) is 9.59 Å². The number of amides is 1. The predicted octanol–water partition coefficient (Wildman–Crippen LogP) is 2.95. The minimum absolute atomic E-state index is 0.0528. The van der Waals surface area contributed by atoms with Crippen LogP contribution in [0, 0.1) is 0 Å². The Hall–Kier alpha value is -2.62. The molecule has 0 saturated carbocycles. The third-order valence-corrected chi connectivity index (χ3v) is 3.46. The third-order valence-electron chi connectivity index (χ3n) is 3.46. The Kier molecular flexibility index (Phi) is 5.72. The van der Waals surface area contributed by atoms with Crippen LogP contribution in [0.15, 0.2) is 60.7 Å². The fourth-order valence-corrected chi connectivity index (χ4v) is 2.34. The van der Waals surface area contributed by atoms with Crippen molar-refractivity contribution in [3.63, 3.8) is 0 Å². The zero-order chi connectivity index (χ0) is 15.8. The molecule has 2 aromatic rings. The Balaban J connectivity index is 1.95. The van der Waals surface area contributed by atoms with Crippen LogP contribution in [0.1, 0.15) is 29.9 Å². The summed E-state index contributed by atoms with van der Waals surface area (Å²) in [5.74, 6) is -1.35. The molecule has 0 radical (unpaired) electrons. The van der Waals surface area contributed by atoms with Crippen molar-refractivity contribution < 1.29 is 14.7 Å². The normalized spacial score (nSPS) is 11.6. The van der Waals surface area contributed by atoms with Crippen LogP contribution in [0.2, 0.25) is 0 Å². The van der Waals surface area contributed by atoms with Gasteiger partial charge >= 0.3 is 5.97 Å². The lowest BCUT2D eigenvalue weighted by atomic mass is 9.92. The highest BCUT2D eigenvalue weighted by Gasteiger charge is 2.19. The SMILES string of the molecule is O=C(O)C[C@@H](CC(=O)NCc1ccccc1)c1ccccc1. The molecular formula is C18H19NO3. The average Bonchev–Trinajstić information content (AvgIpc) is 2.54. The zero-order valence-corrected chi connectivity index (χ0v) is 12.2. The molecule has 0 saturated heterocycles. The number of carboxylic acid groups (broad SMARTS) is 1. The van der Waals surface area contributed by atoms with Gasteiger partial charge in [0.25, 0.3) is 0 Å². The molecule has 0 heterocycles. The van der Waals surface area contributed by atoms with Gasteiger partial charge in [0.15, 0.2) is 0 Å². The van der Waals surface area contributed by atoms with Gasteiger partial charge in [-0.05, 0) is 11.1 Å². The lowest BCUT2D eigenvalue weighted by molar-refractivity contribution is -0.137. The van der Waals surface area contributed by atoms with Crippen LogP contribution in [0.3, 0.4) is 0 Å². The van der Waals surface area contributed by atoms with Crippen LogP contribution in [-0.2, 0) is 16.1 Å². The van der Waals surface area contributed by atoms with Crippen LogP contribution in [0.4, 0.5) is 0 Å². The van der Waals surface area contributed by atoms with Crippen molar-refractivity contribution >= 4 is 11.9 Å². The predicted molar refractivity (Wildman–Crippen MR) is 84.3 cm³/mol. The van der Waals surface area contributed by atoms with E-state index in [2.05, 4.69) is 5.32 Å². The maximum Gasteiger partial charge on any atom is 0.303 e. The fraction of sp³-hybridized carbons (Fsp3) is 0.222. The number of hydrogen-bond donors (Lipinski definition) is 2. The van der Waals surface area contributed by atoms with Gasteiger partial charge in [-0.15, -0.1) is 0 Å². The second kappa shape index (κ2) is 7.98. The number of carbonyl (C=O) groups is 2. The highest BCUT2D eigenvalue weighted by molar-refractivity contribution is 5.78. The van der Waals surface area contributed by atoms with Crippen LogP contribution in [0.25, 0.3) is 0 Å². The van der Waals surface area contributed by atoms with Crippen molar-refractivity contribution in [2.75, 3.05) is 0 Å². The van der Waals surface area contributed by atoms with Gasteiger partial charge < -0.3 is 10.4 Å². The van der Waals surface area contributed by atoms with E-state index < -0.39 is 5.97 Å². The smallest absolute Gasteiger partial charge is 0.303 e. The number of benzene rings is 2. The van der Waals surface area contributed by atoms with E-state index in [1.165, 1.54) is 0 Å². The molecule has 0 aliphatic carbocycles. The van der Waals surface area contributed by atoms with Gasteiger partial charge in [0, 0.05) is 18.9 Å². The maximum absolute atomic E-state index is 12.1. The largest absolute Gasteiger partial charge is 0.481 e. The number of aliphatic carboxylic acids is 1. The third kappa shape index (κ3) is 5.05. The molecule has 4 heteroatoms. The van der Waals surface area contributed by atoms with Gasteiger partial charge in [-0.2, -0.15) is 0 Å². The maximum atomic E-state index is 12.1. The molecule has 1 amide bonds. The first-order valence-electron chi connectivity index (χ1n) is 7.22. The first kappa shape index (κ1) is 15.8. The number of rotatable bonds is 7. The van der Waals surface area contributed by atoms with E-state index in [4.69, 9.17) is 5.11 Å². The monoisotopic (exact) mass is 297 g/mol. The van der Waals surface area contributed by atoms with E-state index >= 15 is 0 Å². The Labute approximate surface area is 129 Å². The second-order valence-corrected chi connectivity index (χ2v) is 5.17. The summed E-state index contributed by atoms with van der Waals surface area (Å²) in [6.45, 7) is 0.453. The molecular weight excluding hydrogens is 278 g/mol. The molecule has 0 unspecified atom stereocenters. The molecule has 22 heavy (non-hydrogen) atoms. The van der Waals surface area contributed by atoms with Crippen LogP contribution in [0.5, 0.6) is 0 Å². The molecule has 2 rings (SSSR count). The molecule has 1 atom stereocenters. The molecule has 0 aliphatic heterocycles. The van der Waals surface area contributed by atoms with E-state index in [-0.39, 0.29) is 24.7 Å². The topological polar surface area (TPSA) is 66.4 Å². The van der Waals surface area contributed by atoms with Gasteiger partial charge in [0.1, 0.15) is 0 Å². The number of carboxylic acids is 1. The Bertz CT molecular complexity index is 611. The summed E-state index contributed by atoms with van der Waals surface area (Å²) in [5, 5.41) is 11.9. The Morgan fingerprint density at radius 2 is 1.50 bits per heavy atom. The summed E-state index contributed by atoms with van der Waals surface area (Å²) in [7, 11) is 0. The van der Waals surface area contributed by atoms with Gasteiger partial charge in [-0.1, -0.05) is 60.7 Å². The molecule has 0 aromatic heterocycles. The van der Waals surface area contributed by atoms with Gasteiger partial charge in [0.05, 0.1) is 6.42 Å². The molecule has 4 nitrogen and oxygen atoms in total. The molecule has 2 aromatic carbocycles. The van der Waals surface area contributed by atoms with Gasteiger partial charge in [0.2, 0.25) is 5.91 Å². The van der Waals surface area contributed by atoms with Crippen molar-refractivity contribution in [1.82, 2.24) is 5.32 Å². The first-order valence-corrected chi connectivity index (χ1v) is 7.22. The molecule has 2 N–H and O–H groups in total. The highest BCUT2D eigenvalue weighted by atomic mass is 16.4. The molecule has 0 spiro atoms. The summed E-state index contributed by atoms with van der Waals surface area (Å²) in [4.78, 5) is 23.1. The Morgan fingerprint density at radius 3 is 2.09 bits per heavy atom. The van der Waals surface area contributed by atoms with Crippen molar-refractivity contribution in [3.8, 4) is 0 Å². The number of hydrogen-bond acceptors (Lipinski definition) is 2. The zero-order valence-electron chi connectivity index (χ0n) is 12.2. The van der Waals surface area contributed by atoms with Crippen LogP contribution < -0.4 is 5.32 Å². The molecule has 0 aliphatic rings. The van der Waals surface area contributed by atoms with Crippen molar-refractivity contribution in [3.05, 3.63) is 71.8 Å². The molecule has 0 bridgehead atoms. The number of carbonyl (C=O) groups excluding carboxylic acids is 1. The quantitative estimate of drug-likeness (QED) is 0.825.